The van der Waals surface area contributed by atoms with Crippen molar-refractivity contribution in [3.05, 3.63) is 29.3 Å². The average molecular weight is 483 g/mol. The van der Waals surface area contributed by atoms with E-state index in [1.54, 1.807) is 12.1 Å². The number of hydrogen-bond acceptors (Lipinski definition) is 5. The Kier molecular flexibility index (Phi) is 7.20. The minimum Gasteiger partial charge on any atom is -0.373 e. The van der Waals surface area contributed by atoms with Crippen LogP contribution < -0.4 is 0 Å². The van der Waals surface area contributed by atoms with Gasteiger partial charge >= 0.3 is 0 Å². The van der Waals surface area contributed by atoms with Crippen molar-refractivity contribution in [2.24, 2.45) is 5.92 Å². The largest absolute Gasteiger partial charge is 0.373 e. The maximum Gasteiger partial charge on any atom is 0.244 e. The van der Waals surface area contributed by atoms with Crippen molar-refractivity contribution in [2.75, 3.05) is 32.7 Å². The lowest BCUT2D eigenvalue weighted by atomic mass is 9.94. The van der Waals surface area contributed by atoms with Gasteiger partial charge < -0.3 is 9.64 Å². The van der Waals surface area contributed by atoms with Crippen molar-refractivity contribution in [3.8, 4) is 0 Å². The number of likely N-dealkylation sites (tertiary alicyclic amines) is 1. The van der Waals surface area contributed by atoms with Gasteiger partial charge in [-0.15, -0.1) is 0 Å². The molecule has 2 saturated heterocycles. The molecule has 8 heteroatoms. The van der Waals surface area contributed by atoms with Gasteiger partial charge in [-0.1, -0.05) is 24.4 Å². The quantitative estimate of drug-likeness (QED) is 0.639. The monoisotopic (exact) mass is 482 g/mol. The summed E-state index contributed by atoms with van der Waals surface area (Å²) >= 11 is 5.96. The highest BCUT2D eigenvalue weighted by Crippen LogP contribution is 2.42. The molecule has 1 saturated carbocycles. The van der Waals surface area contributed by atoms with Gasteiger partial charge in [0.1, 0.15) is 0 Å². The van der Waals surface area contributed by atoms with Crippen molar-refractivity contribution >= 4 is 27.3 Å². The van der Waals surface area contributed by atoms with E-state index in [9.17, 15) is 13.2 Å². The molecular formula is C24H35ClN2O4S. The number of rotatable bonds is 5. The van der Waals surface area contributed by atoms with Crippen LogP contribution in [0.3, 0.4) is 0 Å². The van der Waals surface area contributed by atoms with Crippen molar-refractivity contribution in [3.63, 3.8) is 0 Å². The van der Waals surface area contributed by atoms with Gasteiger partial charge in [-0.3, -0.25) is 9.69 Å². The summed E-state index contributed by atoms with van der Waals surface area (Å²) in [6.07, 6.45) is 4.68. The highest BCUT2D eigenvalue weighted by Gasteiger charge is 2.54. The van der Waals surface area contributed by atoms with Crippen molar-refractivity contribution in [2.45, 2.75) is 74.2 Å². The summed E-state index contributed by atoms with van der Waals surface area (Å²) in [5.41, 5.74) is 0. The Morgan fingerprint density at radius 3 is 2.19 bits per heavy atom. The van der Waals surface area contributed by atoms with E-state index in [2.05, 4.69) is 18.7 Å². The molecule has 0 bridgehead atoms. The Balaban J connectivity index is 1.43. The molecule has 2 unspecified atom stereocenters. The number of nitrogens with zero attached hydrogens (tertiary/aromatic N) is 2. The topological polar surface area (TPSA) is 66.9 Å². The minimum absolute atomic E-state index is 0.197. The number of benzene rings is 1. The smallest absolute Gasteiger partial charge is 0.244 e. The summed E-state index contributed by atoms with van der Waals surface area (Å²) in [5, 5.41) is 0.488. The van der Waals surface area contributed by atoms with E-state index in [1.165, 1.54) is 12.1 Å². The first-order chi connectivity index (χ1) is 15.2. The second-order valence-corrected chi connectivity index (χ2v) is 12.6. The van der Waals surface area contributed by atoms with E-state index in [4.69, 9.17) is 16.3 Å². The van der Waals surface area contributed by atoms with Crippen LogP contribution in [0.1, 0.15) is 52.4 Å². The molecule has 2 heterocycles. The third kappa shape index (κ3) is 4.72. The SMILES string of the molecule is CC1CN(CC2CCN(C(=O)C3(S(=O)(=O)c4ccc(Cl)cc4)CCCC3)CC2)CC(C)O1. The van der Waals surface area contributed by atoms with Crippen LogP contribution in [-0.2, 0) is 19.4 Å². The third-order valence-corrected chi connectivity index (χ3v) is 10.1. The molecule has 0 N–H and O–H groups in total. The van der Waals surface area contributed by atoms with Gasteiger partial charge in [0.05, 0.1) is 17.1 Å². The number of carbonyl (C=O) groups is 1. The first kappa shape index (κ1) is 24.0. The molecule has 2 atom stereocenters. The molecule has 0 aromatic heterocycles. The zero-order valence-corrected chi connectivity index (χ0v) is 20.7. The number of amides is 1. The lowest BCUT2D eigenvalue weighted by Gasteiger charge is -2.41. The molecule has 1 aromatic rings. The lowest BCUT2D eigenvalue weighted by Crippen LogP contribution is -2.55. The number of morpholine rings is 1. The number of carbonyl (C=O) groups excluding carboxylic acids is 1. The molecule has 1 aliphatic carbocycles. The second-order valence-electron chi connectivity index (χ2n) is 9.87. The standard InChI is InChI=1S/C24H35ClN2O4S/c1-18-15-26(16-19(2)31-18)17-20-9-13-27(14-10-20)23(28)24(11-3-4-12-24)32(29,30)22-7-5-21(25)6-8-22/h5-8,18-20H,3-4,9-17H2,1-2H3. The number of halogens is 1. The lowest BCUT2D eigenvalue weighted by molar-refractivity contribution is -0.135. The van der Waals surface area contributed by atoms with Crippen LogP contribution in [0.4, 0.5) is 0 Å². The molecule has 32 heavy (non-hydrogen) atoms. The van der Waals surface area contributed by atoms with E-state index in [-0.39, 0.29) is 23.0 Å². The number of hydrogen-bond donors (Lipinski definition) is 0. The number of sulfone groups is 1. The Hall–Kier alpha value is -1.15. The Labute approximate surface area is 197 Å². The predicted molar refractivity (Wildman–Crippen MR) is 126 cm³/mol. The molecule has 1 amide bonds. The van der Waals surface area contributed by atoms with Gasteiger partial charge in [0.15, 0.2) is 14.6 Å². The van der Waals surface area contributed by atoms with Crippen molar-refractivity contribution in [1.29, 1.82) is 0 Å². The molecule has 3 fully saturated rings. The van der Waals surface area contributed by atoms with Gasteiger partial charge in [0.25, 0.3) is 0 Å². The fourth-order valence-corrected chi connectivity index (χ4v) is 8.05. The van der Waals surface area contributed by atoms with Crippen LogP contribution in [0, 0.1) is 5.92 Å². The van der Waals surface area contributed by atoms with Crippen LogP contribution in [0.2, 0.25) is 5.02 Å². The zero-order valence-electron chi connectivity index (χ0n) is 19.1. The average Bonchev–Trinajstić information content (AvgIpc) is 3.25. The summed E-state index contributed by atoms with van der Waals surface area (Å²) < 4.78 is 31.8. The maximum atomic E-state index is 13.7. The Morgan fingerprint density at radius 2 is 1.62 bits per heavy atom. The fourth-order valence-electron chi connectivity index (χ4n) is 5.79. The molecular weight excluding hydrogens is 448 g/mol. The zero-order chi connectivity index (χ0) is 22.9. The first-order valence-corrected chi connectivity index (χ1v) is 13.7. The van der Waals surface area contributed by atoms with Gasteiger partial charge in [-0.25, -0.2) is 8.42 Å². The normalized spacial score (nSPS) is 27.5. The predicted octanol–water partition coefficient (Wildman–Crippen LogP) is 3.77. The van der Waals surface area contributed by atoms with Crippen LogP contribution in [-0.4, -0.2) is 73.8 Å². The molecule has 2 aliphatic heterocycles. The fraction of sp³-hybridized carbons (Fsp3) is 0.708. The highest BCUT2D eigenvalue weighted by atomic mass is 35.5. The summed E-state index contributed by atoms with van der Waals surface area (Å²) in [6, 6.07) is 6.23. The number of piperidine rings is 1. The van der Waals surface area contributed by atoms with E-state index in [0.29, 0.717) is 36.9 Å². The van der Waals surface area contributed by atoms with Gasteiger partial charge in [-0.2, -0.15) is 0 Å². The second kappa shape index (κ2) is 9.61. The van der Waals surface area contributed by atoms with Crippen LogP contribution >= 0.6 is 11.6 Å². The number of ether oxygens (including phenoxy) is 1. The highest BCUT2D eigenvalue weighted by molar-refractivity contribution is 7.93. The molecule has 3 aliphatic rings. The van der Waals surface area contributed by atoms with Gasteiger partial charge in [-0.05, 0) is 69.7 Å². The van der Waals surface area contributed by atoms with Crippen LogP contribution in [0.25, 0.3) is 0 Å². The summed E-state index contributed by atoms with van der Waals surface area (Å²) in [6.45, 7) is 8.43. The van der Waals surface area contributed by atoms with Crippen molar-refractivity contribution < 1.29 is 17.9 Å². The van der Waals surface area contributed by atoms with E-state index in [0.717, 1.165) is 45.3 Å². The molecule has 1 aromatic carbocycles. The summed E-state index contributed by atoms with van der Waals surface area (Å²) in [7, 11) is -3.79. The summed E-state index contributed by atoms with van der Waals surface area (Å²) in [5.74, 6) is 0.334. The van der Waals surface area contributed by atoms with Crippen LogP contribution in [0.5, 0.6) is 0 Å². The molecule has 0 spiro atoms. The van der Waals surface area contributed by atoms with Crippen LogP contribution in [0.15, 0.2) is 29.2 Å². The third-order valence-electron chi connectivity index (χ3n) is 7.35. The van der Waals surface area contributed by atoms with E-state index < -0.39 is 14.6 Å². The molecule has 4 rings (SSSR count). The molecule has 178 valence electrons. The van der Waals surface area contributed by atoms with Gasteiger partial charge in [0.2, 0.25) is 5.91 Å². The van der Waals surface area contributed by atoms with E-state index in [1.807, 2.05) is 4.90 Å². The molecule has 6 nitrogen and oxygen atoms in total. The maximum absolute atomic E-state index is 13.7. The summed E-state index contributed by atoms with van der Waals surface area (Å²) in [4.78, 5) is 18.2. The Bertz CT molecular complexity index is 896. The first-order valence-electron chi connectivity index (χ1n) is 11.9. The minimum atomic E-state index is -3.79. The van der Waals surface area contributed by atoms with Gasteiger partial charge in [0, 0.05) is 37.7 Å². The Morgan fingerprint density at radius 1 is 1.06 bits per heavy atom. The van der Waals surface area contributed by atoms with E-state index >= 15 is 0 Å². The molecule has 0 radical (unpaired) electrons. The van der Waals surface area contributed by atoms with Crippen molar-refractivity contribution in [1.82, 2.24) is 9.80 Å².